The van der Waals surface area contributed by atoms with Crippen LogP contribution in [0.2, 0.25) is 0 Å². The summed E-state index contributed by atoms with van der Waals surface area (Å²) in [6, 6.07) is 15.6. The van der Waals surface area contributed by atoms with Gasteiger partial charge in [-0.25, -0.2) is 0 Å². The van der Waals surface area contributed by atoms with Gasteiger partial charge in [-0.15, -0.1) is 0 Å². The van der Waals surface area contributed by atoms with Gasteiger partial charge >= 0.3 is 0 Å². The molecule has 1 fully saturated rings. The van der Waals surface area contributed by atoms with Crippen LogP contribution in [0.25, 0.3) is 6.08 Å². The third-order valence-corrected chi connectivity index (χ3v) is 4.84. The number of benzene rings is 2. The summed E-state index contributed by atoms with van der Waals surface area (Å²) in [5.74, 6) is 0.660. The lowest BCUT2D eigenvalue weighted by molar-refractivity contribution is -0.138. The van der Waals surface area contributed by atoms with Gasteiger partial charge in [-0.05, 0) is 37.1 Å². The van der Waals surface area contributed by atoms with Gasteiger partial charge in [0.1, 0.15) is 5.75 Å². The Bertz CT molecular complexity index is 853. The van der Waals surface area contributed by atoms with Gasteiger partial charge in [0.2, 0.25) is 5.91 Å². The number of carbonyl (C=O) groups excluding carboxylic acids is 2. The number of hydrogen-bond donors (Lipinski definition) is 0. The molecule has 5 nitrogen and oxygen atoms in total. The van der Waals surface area contributed by atoms with E-state index in [0.717, 1.165) is 16.9 Å². The largest absolute Gasteiger partial charge is 0.484 e. The van der Waals surface area contributed by atoms with E-state index in [-0.39, 0.29) is 18.4 Å². The van der Waals surface area contributed by atoms with E-state index in [1.54, 1.807) is 15.9 Å². The first kappa shape index (κ1) is 19.7. The smallest absolute Gasteiger partial charge is 0.260 e. The molecule has 1 aliphatic rings. The maximum absolute atomic E-state index is 12.4. The Balaban J connectivity index is 1.46. The van der Waals surface area contributed by atoms with E-state index in [2.05, 4.69) is 0 Å². The summed E-state index contributed by atoms with van der Waals surface area (Å²) in [5, 5.41) is 0. The van der Waals surface area contributed by atoms with Gasteiger partial charge in [0.05, 0.1) is 0 Å². The summed E-state index contributed by atoms with van der Waals surface area (Å²) >= 11 is 0. The number of piperazine rings is 1. The zero-order valence-corrected chi connectivity index (χ0v) is 16.4. The Labute approximate surface area is 166 Å². The minimum Gasteiger partial charge on any atom is -0.484 e. The van der Waals surface area contributed by atoms with E-state index in [1.807, 2.05) is 68.5 Å². The van der Waals surface area contributed by atoms with Crippen LogP contribution < -0.4 is 4.74 Å². The lowest BCUT2D eigenvalue weighted by Crippen LogP contribution is -2.51. The molecule has 0 saturated carbocycles. The summed E-state index contributed by atoms with van der Waals surface area (Å²) < 4.78 is 5.69. The fraction of sp³-hybridized carbons (Fsp3) is 0.304. The Morgan fingerprint density at radius 3 is 2.32 bits per heavy atom. The Morgan fingerprint density at radius 2 is 1.64 bits per heavy atom. The van der Waals surface area contributed by atoms with Crippen LogP contribution in [-0.2, 0) is 9.59 Å². The van der Waals surface area contributed by atoms with E-state index < -0.39 is 0 Å². The molecule has 1 heterocycles. The fourth-order valence-corrected chi connectivity index (χ4v) is 3.21. The highest BCUT2D eigenvalue weighted by Gasteiger charge is 2.23. The number of ether oxygens (including phenoxy) is 1. The minimum absolute atomic E-state index is 0.0196. The van der Waals surface area contributed by atoms with E-state index in [0.29, 0.717) is 26.2 Å². The molecule has 1 saturated heterocycles. The molecule has 28 heavy (non-hydrogen) atoms. The molecular formula is C23H26N2O3. The molecular weight excluding hydrogens is 352 g/mol. The van der Waals surface area contributed by atoms with Crippen LogP contribution in [0.3, 0.4) is 0 Å². The number of carbonyl (C=O) groups is 2. The van der Waals surface area contributed by atoms with Gasteiger partial charge in [-0.2, -0.15) is 0 Å². The number of amides is 2. The second-order valence-corrected chi connectivity index (χ2v) is 7.01. The van der Waals surface area contributed by atoms with Crippen molar-refractivity contribution in [1.82, 2.24) is 9.80 Å². The summed E-state index contributed by atoms with van der Waals surface area (Å²) in [5.41, 5.74) is 3.18. The normalized spacial score (nSPS) is 14.4. The second kappa shape index (κ2) is 9.22. The van der Waals surface area contributed by atoms with Crippen LogP contribution in [-0.4, -0.2) is 54.4 Å². The molecule has 0 unspecified atom stereocenters. The lowest BCUT2D eigenvalue weighted by Gasteiger charge is -2.34. The van der Waals surface area contributed by atoms with E-state index in [9.17, 15) is 9.59 Å². The number of aryl methyl sites for hydroxylation is 2. The molecule has 2 amide bonds. The molecule has 1 aliphatic heterocycles. The van der Waals surface area contributed by atoms with Crippen molar-refractivity contribution in [3.05, 3.63) is 71.3 Å². The van der Waals surface area contributed by atoms with Crippen LogP contribution in [0.5, 0.6) is 5.75 Å². The predicted molar refractivity (Wildman–Crippen MR) is 110 cm³/mol. The number of nitrogens with zero attached hydrogens (tertiary/aromatic N) is 2. The van der Waals surface area contributed by atoms with Crippen molar-refractivity contribution in [2.24, 2.45) is 0 Å². The van der Waals surface area contributed by atoms with Gasteiger partial charge in [0, 0.05) is 32.3 Å². The minimum atomic E-state index is -0.0492. The van der Waals surface area contributed by atoms with E-state index >= 15 is 0 Å². The molecule has 0 radical (unpaired) electrons. The van der Waals surface area contributed by atoms with Gasteiger partial charge in [0.25, 0.3) is 5.91 Å². The molecule has 2 aromatic carbocycles. The van der Waals surface area contributed by atoms with Crippen molar-refractivity contribution in [2.45, 2.75) is 13.8 Å². The topological polar surface area (TPSA) is 49.9 Å². The van der Waals surface area contributed by atoms with Crippen LogP contribution >= 0.6 is 0 Å². The van der Waals surface area contributed by atoms with Crippen molar-refractivity contribution in [2.75, 3.05) is 32.8 Å². The first-order valence-corrected chi connectivity index (χ1v) is 9.53. The maximum Gasteiger partial charge on any atom is 0.260 e. The van der Waals surface area contributed by atoms with Gasteiger partial charge < -0.3 is 14.5 Å². The quantitative estimate of drug-likeness (QED) is 0.752. The molecule has 0 aliphatic carbocycles. The van der Waals surface area contributed by atoms with Crippen molar-refractivity contribution in [1.29, 1.82) is 0 Å². The van der Waals surface area contributed by atoms with E-state index in [1.165, 1.54) is 5.56 Å². The summed E-state index contributed by atoms with van der Waals surface area (Å²) in [4.78, 5) is 28.3. The molecule has 3 rings (SSSR count). The summed E-state index contributed by atoms with van der Waals surface area (Å²) in [6.07, 6.45) is 3.41. The van der Waals surface area contributed by atoms with Crippen molar-refractivity contribution in [3.8, 4) is 5.75 Å². The zero-order chi connectivity index (χ0) is 19.9. The third-order valence-electron chi connectivity index (χ3n) is 4.84. The third kappa shape index (κ3) is 5.22. The first-order valence-electron chi connectivity index (χ1n) is 9.53. The highest BCUT2D eigenvalue weighted by Crippen LogP contribution is 2.18. The van der Waals surface area contributed by atoms with Gasteiger partial charge in [-0.3, -0.25) is 9.59 Å². The Kier molecular flexibility index (Phi) is 6.48. The average Bonchev–Trinajstić information content (AvgIpc) is 2.72. The fourth-order valence-electron chi connectivity index (χ4n) is 3.21. The molecule has 0 bridgehead atoms. The van der Waals surface area contributed by atoms with E-state index in [4.69, 9.17) is 4.74 Å². The molecule has 5 heteroatoms. The standard InChI is InChI=1S/C23H26N2O3/c1-18-8-10-21(19(2)16-18)28-17-23(27)25-14-12-24(13-15-25)22(26)11-9-20-6-4-3-5-7-20/h3-11,16H,12-15,17H2,1-2H3/b11-9+. The van der Waals surface area contributed by atoms with Crippen LogP contribution in [0.4, 0.5) is 0 Å². The van der Waals surface area contributed by atoms with Crippen LogP contribution in [0.1, 0.15) is 16.7 Å². The van der Waals surface area contributed by atoms with Gasteiger partial charge in [-0.1, -0.05) is 48.0 Å². The highest BCUT2D eigenvalue weighted by atomic mass is 16.5. The SMILES string of the molecule is Cc1ccc(OCC(=O)N2CCN(C(=O)/C=C/c3ccccc3)CC2)c(C)c1. The predicted octanol–water partition coefficient (Wildman–Crippen LogP) is 3.07. The van der Waals surface area contributed by atoms with Crippen LogP contribution in [0.15, 0.2) is 54.6 Å². The maximum atomic E-state index is 12.4. The van der Waals surface area contributed by atoms with Crippen molar-refractivity contribution < 1.29 is 14.3 Å². The molecule has 146 valence electrons. The Hall–Kier alpha value is -3.08. The number of rotatable bonds is 5. The van der Waals surface area contributed by atoms with Crippen molar-refractivity contribution in [3.63, 3.8) is 0 Å². The monoisotopic (exact) mass is 378 g/mol. The molecule has 0 spiro atoms. The second-order valence-electron chi connectivity index (χ2n) is 7.01. The summed E-state index contributed by atoms with van der Waals surface area (Å²) in [6.45, 7) is 6.14. The van der Waals surface area contributed by atoms with Crippen molar-refractivity contribution >= 4 is 17.9 Å². The highest BCUT2D eigenvalue weighted by molar-refractivity contribution is 5.92. The Morgan fingerprint density at radius 1 is 0.964 bits per heavy atom. The zero-order valence-electron chi connectivity index (χ0n) is 16.4. The molecule has 0 atom stereocenters. The first-order chi connectivity index (χ1) is 13.5. The number of hydrogen-bond acceptors (Lipinski definition) is 3. The summed E-state index contributed by atoms with van der Waals surface area (Å²) in [7, 11) is 0. The molecule has 0 aromatic heterocycles. The van der Waals surface area contributed by atoms with Gasteiger partial charge in [0.15, 0.2) is 6.61 Å². The average molecular weight is 378 g/mol. The van der Waals surface area contributed by atoms with Crippen LogP contribution in [0, 0.1) is 13.8 Å². The molecule has 2 aromatic rings. The lowest BCUT2D eigenvalue weighted by atomic mass is 10.1. The molecule has 0 N–H and O–H groups in total.